The Morgan fingerprint density at radius 2 is 1.90 bits per heavy atom. The van der Waals surface area contributed by atoms with Crippen molar-refractivity contribution < 1.29 is 14.3 Å². The first kappa shape index (κ1) is 20.6. The average Bonchev–Trinajstić information content (AvgIpc) is 3.20. The topological polar surface area (TPSA) is 73.2 Å². The molecule has 0 aliphatic carbocycles. The summed E-state index contributed by atoms with van der Waals surface area (Å²) in [6, 6.07) is 14.1. The van der Waals surface area contributed by atoms with Crippen LogP contribution in [0.2, 0.25) is 5.02 Å². The Bertz CT molecular complexity index is 972. The Labute approximate surface area is 174 Å². The van der Waals surface area contributed by atoms with Crippen molar-refractivity contribution in [3.05, 3.63) is 77.8 Å². The smallest absolute Gasteiger partial charge is 0.330 e. The van der Waals surface area contributed by atoms with Crippen molar-refractivity contribution in [2.45, 2.75) is 32.5 Å². The Hall–Kier alpha value is -3.12. The van der Waals surface area contributed by atoms with Crippen LogP contribution in [0.25, 0.3) is 11.1 Å². The van der Waals surface area contributed by atoms with Crippen molar-refractivity contribution in [2.24, 2.45) is 0 Å². The zero-order chi connectivity index (χ0) is 20.8. The first-order valence-corrected chi connectivity index (χ1v) is 9.64. The normalized spacial score (nSPS) is 11.9. The van der Waals surface area contributed by atoms with E-state index in [9.17, 15) is 9.59 Å². The van der Waals surface area contributed by atoms with Crippen molar-refractivity contribution in [1.82, 2.24) is 14.9 Å². The van der Waals surface area contributed by atoms with Crippen LogP contribution in [-0.2, 0) is 16.1 Å². The maximum atomic E-state index is 12.8. The molecule has 3 rings (SSSR count). The lowest BCUT2D eigenvalue weighted by Crippen LogP contribution is -2.45. The van der Waals surface area contributed by atoms with E-state index in [-0.39, 0.29) is 12.6 Å². The molecular weight excluding hydrogens is 390 g/mol. The van der Waals surface area contributed by atoms with Crippen molar-refractivity contribution in [3.8, 4) is 11.1 Å². The van der Waals surface area contributed by atoms with Gasteiger partial charge >= 0.3 is 5.97 Å². The number of imidazole rings is 1. The molecular formula is C22H22ClN3O3. The monoisotopic (exact) mass is 411 g/mol. The van der Waals surface area contributed by atoms with Gasteiger partial charge in [0.1, 0.15) is 6.04 Å². The lowest BCUT2D eigenvalue weighted by Gasteiger charge is -2.20. The minimum atomic E-state index is -0.871. The number of esters is 1. The molecule has 0 fully saturated rings. The Balaban J connectivity index is 1.78. The van der Waals surface area contributed by atoms with Gasteiger partial charge in [-0.1, -0.05) is 48.0 Å². The maximum absolute atomic E-state index is 12.8. The second kappa shape index (κ2) is 9.39. The molecule has 7 heteroatoms. The van der Waals surface area contributed by atoms with E-state index in [4.69, 9.17) is 16.3 Å². The van der Waals surface area contributed by atoms with Crippen molar-refractivity contribution in [2.75, 3.05) is 0 Å². The number of halogens is 1. The number of hydrogen-bond acceptors (Lipinski definition) is 4. The number of benzene rings is 2. The number of hydrogen-bond donors (Lipinski definition) is 1. The Kier molecular flexibility index (Phi) is 6.67. The molecule has 2 aromatic carbocycles. The largest absolute Gasteiger partial charge is 0.461 e. The number of carbonyl (C=O) groups is 2. The first-order chi connectivity index (χ1) is 13.9. The number of aromatic nitrogens is 2. The van der Waals surface area contributed by atoms with Gasteiger partial charge in [-0.3, -0.25) is 4.79 Å². The quantitative estimate of drug-likeness (QED) is 0.597. The summed E-state index contributed by atoms with van der Waals surface area (Å²) in [5.74, 6) is -0.959. The van der Waals surface area contributed by atoms with Crippen LogP contribution in [0.3, 0.4) is 0 Å². The molecule has 0 bridgehead atoms. The van der Waals surface area contributed by atoms with E-state index in [0.29, 0.717) is 10.6 Å². The van der Waals surface area contributed by atoms with Gasteiger partial charge in [-0.2, -0.15) is 0 Å². The molecule has 1 amide bonds. The summed E-state index contributed by atoms with van der Waals surface area (Å²) in [4.78, 5) is 29.2. The van der Waals surface area contributed by atoms with Crippen LogP contribution >= 0.6 is 11.6 Å². The number of ether oxygens (including phenoxy) is 1. The van der Waals surface area contributed by atoms with Gasteiger partial charge in [-0.05, 0) is 37.1 Å². The fraction of sp³-hybridized carbons (Fsp3) is 0.227. The zero-order valence-corrected chi connectivity index (χ0v) is 17.0. The highest BCUT2D eigenvalue weighted by Crippen LogP contribution is 2.25. The van der Waals surface area contributed by atoms with Crippen LogP contribution in [0.1, 0.15) is 24.2 Å². The lowest BCUT2D eigenvalue weighted by molar-refractivity contribution is -0.150. The summed E-state index contributed by atoms with van der Waals surface area (Å²) in [6.45, 7) is 3.72. The standard InChI is InChI=1S/C22H22ClN3O3/c1-15(2)29-22(28)20(13-26-11-10-24-14-26)25-21(27)18-9-8-17(12-19(18)23)16-6-4-3-5-7-16/h3-12,14-15,20H,13H2,1-2H3,(H,25,27)/t20-/m0/s1. The minimum absolute atomic E-state index is 0.205. The third kappa shape index (κ3) is 5.45. The minimum Gasteiger partial charge on any atom is -0.461 e. The number of amides is 1. The van der Waals surface area contributed by atoms with Crippen LogP contribution in [0.5, 0.6) is 0 Å². The summed E-state index contributed by atoms with van der Waals surface area (Å²) in [5.41, 5.74) is 2.19. The molecule has 6 nitrogen and oxygen atoms in total. The predicted octanol–water partition coefficient (Wildman–Crippen LogP) is 3.95. The van der Waals surface area contributed by atoms with Gasteiger partial charge in [-0.15, -0.1) is 0 Å². The SMILES string of the molecule is CC(C)OC(=O)[C@H](Cn1ccnc1)NC(=O)c1ccc(-c2ccccc2)cc1Cl. The van der Waals surface area contributed by atoms with E-state index >= 15 is 0 Å². The fourth-order valence-corrected chi connectivity index (χ4v) is 3.11. The molecule has 0 saturated carbocycles. The summed E-state index contributed by atoms with van der Waals surface area (Å²) >= 11 is 6.37. The molecule has 3 aromatic rings. The van der Waals surface area contributed by atoms with Gasteiger partial charge in [0.25, 0.3) is 5.91 Å². The zero-order valence-electron chi connectivity index (χ0n) is 16.2. The third-order valence-electron chi connectivity index (χ3n) is 4.22. The van der Waals surface area contributed by atoms with Gasteiger partial charge in [-0.25, -0.2) is 9.78 Å². The fourth-order valence-electron chi connectivity index (χ4n) is 2.84. The third-order valence-corrected chi connectivity index (χ3v) is 4.53. The predicted molar refractivity (Wildman–Crippen MR) is 112 cm³/mol. The molecule has 0 unspecified atom stereocenters. The van der Waals surface area contributed by atoms with Crippen LogP contribution in [0.4, 0.5) is 0 Å². The van der Waals surface area contributed by atoms with Crippen LogP contribution in [0, 0.1) is 0 Å². The van der Waals surface area contributed by atoms with Crippen LogP contribution in [0.15, 0.2) is 67.3 Å². The number of nitrogens with one attached hydrogen (secondary N) is 1. The van der Waals surface area contributed by atoms with Crippen molar-refractivity contribution in [3.63, 3.8) is 0 Å². The van der Waals surface area contributed by atoms with Gasteiger partial charge in [0, 0.05) is 12.4 Å². The van der Waals surface area contributed by atoms with Gasteiger partial charge in [0.05, 0.1) is 29.6 Å². The summed E-state index contributed by atoms with van der Waals surface area (Å²) in [6.07, 6.45) is 4.59. The molecule has 0 aliphatic heterocycles. The van der Waals surface area contributed by atoms with E-state index in [1.807, 2.05) is 36.4 Å². The van der Waals surface area contributed by atoms with E-state index in [1.54, 1.807) is 49.3 Å². The highest BCUT2D eigenvalue weighted by Gasteiger charge is 2.25. The van der Waals surface area contributed by atoms with Crippen molar-refractivity contribution in [1.29, 1.82) is 0 Å². The highest BCUT2D eigenvalue weighted by molar-refractivity contribution is 6.34. The van der Waals surface area contributed by atoms with Crippen molar-refractivity contribution >= 4 is 23.5 Å². The molecule has 0 spiro atoms. The van der Waals surface area contributed by atoms with E-state index < -0.39 is 17.9 Å². The molecule has 0 saturated heterocycles. The summed E-state index contributed by atoms with van der Waals surface area (Å²) in [5, 5.41) is 3.04. The second-order valence-corrected chi connectivity index (χ2v) is 7.24. The van der Waals surface area contributed by atoms with Gasteiger partial charge in [0.2, 0.25) is 0 Å². The van der Waals surface area contributed by atoms with Crippen LogP contribution < -0.4 is 5.32 Å². The molecule has 1 N–H and O–H groups in total. The first-order valence-electron chi connectivity index (χ1n) is 9.26. The Morgan fingerprint density at radius 3 is 2.52 bits per heavy atom. The molecule has 29 heavy (non-hydrogen) atoms. The molecule has 150 valence electrons. The lowest BCUT2D eigenvalue weighted by atomic mass is 10.0. The number of rotatable bonds is 7. The van der Waals surface area contributed by atoms with E-state index in [1.165, 1.54) is 0 Å². The maximum Gasteiger partial charge on any atom is 0.330 e. The molecule has 0 radical (unpaired) electrons. The number of nitrogens with zero attached hydrogens (tertiary/aromatic N) is 2. The van der Waals surface area contributed by atoms with Gasteiger partial charge < -0.3 is 14.6 Å². The molecule has 0 aliphatic rings. The van der Waals surface area contributed by atoms with E-state index in [2.05, 4.69) is 10.3 Å². The van der Waals surface area contributed by atoms with Gasteiger partial charge in [0.15, 0.2) is 0 Å². The average molecular weight is 412 g/mol. The number of carbonyl (C=O) groups excluding carboxylic acids is 2. The summed E-state index contributed by atoms with van der Waals surface area (Å²) < 4.78 is 6.99. The summed E-state index contributed by atoms with van der Waals surface area (Å²) in [7, 11) is 0. The molecule has 1 aromatic heterocycles. The highest BCUT2D eigenvalue weighted by atomic mass is 35.5. The second-order valence-electron chi connectivity index (χ2n) is 6.83. The Morgan fingerprint density at radius 1 is 1.14 bits per heavy atom. The van der Waals surface area contributed by atoms with E-state index in [0.717, 1.165) is 11.1 Å². The van der Waals surface area contributed by atoms with Crippen LogP contribution in [-0.4, -0.2) is 33.6 Å². The molecule has 1 heterocycles. The molecule has 1 atom stereocenters.